The topological polar surface area (TPSA) is 86.0 Å². The van der Waals surface area contributed by atoms with Crippen LogP contribution in [0.15, 0.2) is 63.8 Å². The Morgan fingerprint density at radius 3 is 2.57 bits per heavy atom. The van der Waals surface area contributed by atoms with Gasteiger partial charge >= 0.3 is 11.6 Å². The van der Waals surface area contributed by atoms with Gasteiger partial charge in [0.1, 0.15) is 16.9 Å². The standard InChI is InChI=1S/C21H19NO6/c1-22(12-15-8-4-5-9-17(15)26-2)19(23)13-27-20(24)16-11-14-7-3-6-10-18(14)28-21(16)25/h3-11H,12-13H2,1-2H3. The van der Waals surface area contributed by atoms with Gasteiger partial charge < -0.3 is 18.8 Å². The molecular weight excluding hydrogens is 362 g/mol. The van der Waals surface area contributed by atoms with E-state index in [1.807, 2.05) is 18.2 Å². The van der Waals surface area contributed by atoms with E-state index < -0.39 is 24.1 Å². The summed E-state index contributed by atoms with van der Waals surface area (Å²) in [4.78, 5) is 37.9. The van der Waals surface area contributed by atoms with Crippen LogP contribution in [0.5, 0.6) is 5.75 Å². The number of hydrogen-bond donors (Lipinski definition) is 0. The highest BCUT2D eigenvalue weighted by molar-refractivity contribution is 5.94. The van der Waals surface area contributed by atoms with Crippen molar-refractivity contribution >= 4 is 22.8 Å². The zero-order chi connectivity index (χ0) is 20.1. The first-order chi connectivity index (χ1) is 13.5. The number of rotatable bonds is 6. The molecule has 0 aliphatic heterocycles. The summed E-state index contributed by atoms with van der Waals surface area (Å²) < 4.78 is 15.4. The molecule has 7 heteroatoms. The maximum Gasteiger partial charge on any atom is 0.351 e. The zero-order valence-corrected chi connectivity index (χ0v) is 15.5. The summed E-state index contributed by atoms with van der Waals surface area (Å²) in [6, 6.07) is 15.5. The van der Waals surface area contributed by atoms with Crippen LogP contribution in [0.25, 0.3) is 11.0 Å². The number of carbonyl (C=O) groups is 2. The molecule has 3 aromatic rings. The number of methoxy groups -OCH3 is 1. The Morgan fingerprint density at radius 1 is 1.07 bits per heavy atom. The lowest BCUT2D eigenvalue weighted by molar-refractivity contribution is -0.133. The van der Waals surface area contributed by atoms with Crippen LogP contribution < -0.4 is 10.4 Å². The van der Waals surface area contributed by atoms with Gasteiger partial charge in [0, 0.05) is 24.5 Å². The molecule has 0 atom stereocenters. The molecule has 0 radical (unpaired) electrons. The fraction of sp³-hybridized carbons (Fsp3) is 0.190. The lowest BCUT2D eigenvalue weighted by Gasteiger charge is -2.18. The third kappa shape index (κ3) is 4.20. The van der Waals surface area contributed by atoms with Crippen LogP contribution in [0.2, 0.25) is 0 Å². The van der Waals surface area contributed by atoms with E-state index in [2.05, 4.69) is 0 Å². The van der Waals surface area contributed by atoms with Crippen molar-refractivity contribution in [3.05, 3.63) is 76.1 Å². The monoisotopic (exact) mass is 381 g/mol. The second kappa shape index (κ2) is 8.39. The number of likely N-dealkylation sites (N-methyl/N-ethyl adjacent to an activating group) is 1. The molecule has 0 fully saturated rings. The molecule has 0 N–H and O–H groups in total. The number of esters is 1. The zero-order valence-electron chi connectivity index (χ0n) is 15.5. The normalized spacial score (nSPS) is 10.5. The number of nitrogens with zero attached hydrogens (tertiary/aromatic N) is 1. The van der Waals surface area contributed by atoms with Crippen LogP contribution in [0.1, 0.15) is 15.9 Å². The molecule has 0 unspecified atom stereocenters. The molecule has 3 rings (SSSR count). The largest absolute Gasteiger partial charge is 0.496 e. The van der Waals surface area contributed by atoms with Gasteiger partial charge in [0.15, 0.2) is 6.61 Å². The molecule has 2 aromatic carbocycles. The van der Waals surface area contributed by atoms with Crippen molar-refractivity contribution in [2.24, 2.45) is 0 Å². The van der Waals surface area contributed by atoms with E-state index in [1.165, 1.54) is 11.0 Å². The van der Waals surface area contributed by atoms with Crippen LogP contribution in [0.4, 0.5) is 0 Å². The Hall–Kier alpha value is -3.61. The summed E-state index contributed by atoms with van der Waals surface area (Å²) in [6.45, 7) is -0.199. The molecule has 0 bridgehead atoms. The van der Waals surface area contributed by atoms with Gasteiger partial charge in [-0.1, -0.05) is 36.4 Å². The molecule has 7 nitrogen and oxygen atoms in total. The second-order valence-electron chi connectivity index (χ2n) is 6.12. The Kier molecular flexibility index (Phi) is 5.74. The fourth-order valence-corrected chi connectivity index (χ4v) is 2.70. The molecule has 1 heterocycles. The first-order valence-corrected chi connectivity index (χ1v) is 8.55. The van der Waals surface area contributed by atoms with Crippen molar-refractivity contribution < 1.29 is 23.5 Å². The average molecular weight is 381 g/mol. The summed E-state index contributed by atoms with van der Waals surface area (Å²) in [5, 5.41) is 0.591. The number of para-hydroxylation sites is 2. The summed E-state index contributed by atoms with van der Waals surface area (Å²) in [5.41, 5.74) is 0.136. The Balaban J connectivity index is 1.65. The minimum atomic E-state index is -0.904. The third-order valence-electron chi connectivity index (χ3n) is 4.21. The second-order valence-corrected chi connectivity index (χ2v) is 6.12. The number of benzene rings is 2. The van der Waals surface area contributed by atoms with E-state index in [4.69, 9.17) is 13.9 Å². The number of amides is 1. The molecular formula is C21H19NO6. The number of hydrogen-bond acceptors (Lipinski definition) is 6. The van der Waals surface area contributed by atoms with Crippen molar-refractivity contribution in [2.45, 2.75) is 6.54 Å². The Bertz CT molecular complexity index is 1070. The van der Waals surface area contributed by atoms with E-state index in [0.29, 0.717) is 23.3 Å². The van der Waals surface area contributed by atoms with Crippen LogP contribution in [-0.2, 0) is 16.1 Å². The molecule has 0 saturated carbocycles. The average Bonchev–Trinajstić information content (AvgIpc) is 2.71. The van der Waals surface area contributed by atoms with Crippen LogP contribution >= 0.6 is 0 Å². The first-order valence-electron chi connectivity index (χ1n) is 8.55. The van der Waals surface area contributed by atoms with Gasteiger partial charge in [-0.05, 0) is 18.2 Å². The van der Waals surface area contributed by atoms with Gasteiger partial charge in [-0.2, -0.15) is 0 Å². The first kappa shape index (κ1) is 19.2. The van der Waals surface area contributed by atoms with Crippen molar-refractivity contribution in [3.63, 3.8) is 0 Å². The van der Waals surface area contributed by atoms with E-state index in [9.17, 15) is 14.4 Å². The van der Waals surface area contributed by atoms with Gasteiger partial charge in [-0.3, -0.25) is 4.79 Å². The molecule has 1 amide bonds. The van der Waals surface area contributed by atoms with Crippen molar-refractivity contribution in [1.29, 1.82) is 0 Å². The molecule has 0 saturated heterocycles. The van der Waals surface area contributed by atoms with Crippen molar-refractivity contribution in [3.8, 4) is 5.75 Å². The molecule has 1 aromatic heterocycles. The fourth-order valence-electron chi connectivity index (χ4n) is 2.70. The van der Waals surface area contributed by atoms with E-state index in [1.54, 1.807) is 44.5 Å². The molecule has 0 spiro atoms. The highest BCUT2D eigenvalue weighted by Gasteiger charge is 2.18. The van der Waals surface area contributed by atoms with Crippen LogP contribution in [0, 0.1) is 0 Å². The van der Waals surface area contributed by atoms with E-state index in [-0.39, 0.29) is 5.56 Å². The number of carbonyl (C=O) groups excluding carboxylic acids is 2. The predicted molar refractivity (Wildman–Crippen MR) is 102 cm³/mol. The van der Waals surface area contributed by atoms with Crippen LogP contribution in [0.3, 0.4) is 0 Å². The van der Waals surface area contributed by atoms with Crippen LogP contribution in [-0.4, -0.2) is 37.5 Å². The summed E-state index contributed by atoms with van der Waals surface area (Å²) in [7, 11) is 3.14. The molecule has 0 aliphatic carbocycles. The summed E-state index contributed by atoms with van der Waals surface area (Å²) in [5.74, 6) is -0.657. The minimum Gasteiger partial charge on any atom is -0.496 e. The summed E-state index contributed by atoms with van der Waals surface area (Å²) >= 11 is 0. The maximum atomic E-state index is 12.3. The van der Waals surface area contributed by atoms with Gasteiger partial charge in [-0.25, -0.2) is 9.59 Å². The number of ether oxygens (including phenoxy) is 2. The summed E-state index contributed by atoms with van der Waals surface area (Å²) in [6.07, 6.45) is 0. The van der Waals surface area contributed by atoms with E-state index in [0.717, 1.165) is 5.56 Å². The predicted octanol–water partition coefficient (Wildman–Crippen LogP) is 2.62. The lowest BCUT2D eigenvalue weighted by Crippen LogP contribution is -2.31. The molecule has 0 aliphatic rings. The Labute approximate surface area is 161 Å². The molecule has 144 valence electrons. The minimum absolute atomic E-state index is 0.251. The highest BCUT2D eigenvalue weighted by atomic mass is 16.5. The number of fused-ring (bicyclic) bond motifs is 1. The Morgan fingerprint density at radius 2 is 1.79 bits per heavy atom. The van der Waals surface area contributed by atoms with Gasteiger partial charge in [0.2, 0.25) is 0 Å². The third-order valence-corrected chi connectivity index (χ3v) is 4.21. The quantitative estimate of drug-likeness (QED) is 0.482. The van der Waals surface area contributed by atoms with E-state index >= 15 is 0 Å². The molecule has 28 heavy (non-hydrogen) atoms. The lowest BCUT2D eigenvalue weighted by atomic mass is 10.2. The van der Waals surface area contributed by atoms with Gasteiger partial charge in [0.25, 0.3) is 5.91 Å². The van der Waals surface area contributed by atoms with Crippen molar-refractivity contribution in [2.75, 3.05) is 20.8 Å². The maximum absolute atomic E-state index is 12.3. The highest BCUT2D eigenvalue weighted by Crippen LogP contribution is 2.19. The SMILES string of the molecule is COc1ccccc1CN(C)C(=O)COC(=O)c1cc2ccccc2oc1=O. The smallest absolute Gasteiger partial charge is 0.351 e. The van der Waals surface area contributed by atoms with Gasteiger partial charge in [0.05, 0.1) is 7.11 Å². The van der Waals surface area contributed by atoms with Gasteiger partial charge in [-0.15, -0.1) is 0 Å². The van der Waals surface area contributed by atoms with Crippen molar-refractivity contribution in [1.82, 2.24) is 4.90 Å².